The molecular formula is C29H47BrOS2. The number of thioether (sulfide) groups is 1. The van der Waals surface area contributed by atoms with Crippen molar-refractivity contribution in [3.63, 3.8) is 0 Å². The van der Waals surface area contributed by atoms with Crippen molar-refractivity contribution < 1.29 is 4.74 Å². The zero-order valence-electron chi connectivity index (χ0n) is 21.9. The van der Waals surface area contributed by atoms with Crippen molar-refractivity contribution in [2.45, 2.75) is 117 Å². The van der Waals surface area contributed by atoms with Crippen LogP contribution in [0.5, 0.6) is 5.75 Å². The lowest BCUT2D eigenvalue weighted by molar-refractivity contribution is -0.0129. The number of thiophene rings is 1. The van der Waals surface area contributed by atoms with Crippen LogP contribution in [0.1, 0.15) is 116 Å². The second-order valence-electron chi connectivity index (χ2n) is 11.8. The van der Waals surface area contributed by atoms with E-state index in [1.165, 1.54) is 78.6 Å². The van der Waals surface area contributed by atoms with Crippen molar-refractivity contribution in [3.8, 4) is 5.75 Å². The summed E-state index contributed by atoms with van der Waals surface area (Å²) in [5.41, 5.74) is -0.0557. The highest BCUT2D eigenvalue weighted by atomic mass is 79.9. The van der Waals surface area contributed by atoms with Crippen LogP contribution in [-0.4, -0.2) is 5.60 Å². The van der Waals surface area contributed by atoms with Gasteiger partial charge in [0.15, 0.2) is 0 Å². The van der Waals surface area contributed by atoms with Gasteiger partial charge in [-0.3, -0.25) is 0 Å². The van der Waals surface area contributed by atoms with Crippen LogP contribution in [-0.2, 0) is 0 Å². The summed E-state index contributed by atoms with van der Waals surface area (Å²) in [6, 6.07) is 2.23. The van der Waals surface area contributed by atoms with E-state index in [1.54, 1.807) is 0 Å². The molecule has 2 aliphatic heterocycles. The zero-order valence-corrected chi connectivity index (χ0v) is 25.1. The van der Waals surface area contributed by atoms with Gasteiger partial charge in [-0.2, -0.15) is 0 Å². The highest BCUT2D eigenvalue weighted by molar-refractivity contribution is 9.14. The normalized spacial score (nSPS) is 26.2. The first-order chi connectivity index (χ1) is 15.7. The molecule has 0 saturated heterocycles. The molecule has 0 radical (unpaired) electrons. The van der Waals surface area contributed by atoms with Gasteiger partial charge in [-0.25, -0.2) is 0 Å². The Morgan fingerprint density at radius 1 is 0.879 bits per heavy atom. The van der Waals surface area contributed by atoms with Crippen LogP contribution in [0.2, 0.25) is 0 Å². The first kappa shape index (κ1) is 27.7. The molecule has 4 heteroatoms. The van der Waals surface area contributed by atoms with Gasteiger partial charge in [0, 0.05) is 9.73 Å². The summed E-state index contributed by atoms with van der Waals surface area (Å²) < 4.78 is 8.35. The molecule has 0 spiro atoms. The van der Waals surface area contributed by atoms with E-state index in [-0.39, 0.29) is 5.60 Å². The van der Waals surface area contributed by atoms with Gasteiger partial charge in [0.05, 0.1) is 10.1 Å². The summed E-state index contributed by atoms with van der Waals surface area (Å²) in [6.07, 6.45) is 15.6. The molecule has 1 aromatic heterocycles. The van der Waals surface area contributed by atoms with E-state index >= 15 is 0 Å². The SMILES string of the molecule is CC(C)CCCC(C)CCC1(CCC(C)CCCC(C)C)Oc2ccsc2C2SC(Br)=CC21. The van der Waals surface area contributed by atoms with Gasteiger partial charge in [-0.15, -0.1) is 23.1 Å². The Kier molecular flexibility index (Phi) is 10.8. The summed E-state index contributed by atoms with van der Waals surface area (Å²) in [5.74, 6) is 4.84. The highest BCUT2D eigenvalue weighted by Gasteiger charge is 2.51. The predicted octanol–water partition coefficient (Wildman–Crippen LogP) is 11.0. The minimum Gasteiger partial charge on any atom is -0.485 e. The molecule has 0 aliphatic carbocycles. The Hall–Kier alpha value is 0.0700. The third-order valence-electron chi connectivity index (χ3n) is 7.79. The van der Waals surface area contributed by atoms with Crippen LogP contribution in [0.4, 0.5) is 0 Å². The summed E-state index contributed by atoms with van der Waals surface area (Å²) in [5, 5.41) is 2.75. The molecular weight excluding hydrogens is 508 g/mol. The first-order valence-electron chi connectivity index (χ1n) is 13.5. The molecule has 0 N–H and O–H groups in total. The lowest BCUT2D eigenvalue weighted by Gasteiger charge is -2.46. The van der Waals surface area contributed by atoms with E-state index in [4.69, 9.17) is 4.74 Å². The Morgan fingerprint density at radius 2 is 1.45 bits per heavy atom. The molecule has 3 heterocycles. The van der Waals surface area contributed by atoms with Crippen LogP contribution in [0.25, 0.3) is 0 Å². The number of halogens is 1. The molecule has 0 fully saturated rings. The number of fused-ring (bicyclic) bond motifs is 3. The van der Waals surface area contributed by atoms with E-state index in [2.05, 4.69) is 75.0 Å². The maximum absolute atomic E-state index is 7.04. The van der Waals surface area contributed by atoms with Crippen molar-refractivity contribution in [1.29, 1.82) is 0 Å². The van der Waals surface area contributed by atoms with Gasteiger partial charge in [0.1, 0.15) is 11.4 Å². The molecule has 33 heavy (non-hydrogen) atoms. The van der Waals surface area contributed by atoms with Crippen LogP contribution in [0, 0.1) is 29.6 Å². The molecule has 0 aromatic carbocycles. The summed E-state index contributed by atoms with van der Waals surface area (Å²) in [7, 11) is 0. The minimum atomic E-state index is -0.0557. The van der Waals surface area contributed by atoms with E-state index < -0.39 is 0 Å². The van der Waals surface area contributed by atoms with Crippen molar-refractivity contribution >= 4 is 39.0 Å². The fourth-order valence-electron chi connectivity index (χ4n) is 5.57. The molecule has 0 bridgehead atoms. The third-order valence-corrected chi connectivity index (χ3v) is 10.9. The minimum absolute atomic E-state index is 0.0557. The Balaban J connectivity index is 1.71. The summed E-state index contributed by atoms with van der Waals surface area (Å²) >= 11 is 7.74. The van der Waals surface area contributed by atoms with Gasteiger partial charge in [-0.1, -0.05) is 86.1 Å². The van der Waals surface area contributed by atoms with E-state index in [0.29, 0.717) is 11.2 Å². The molecule has 1 nitrogen and oxygen atoms in total. The number of hydrogen-bond donors (Lipinski definition) is 0. The van der Waals surface area contributed by atoms with Gasteiger partial charge in [-0.05, 0) is 76.7 Å². The third kappa shape index (κ3) is 7.78. The van der Waals surface area contributed by atoms with Crippen molar-refractivity contribution in [3.05, 3.63) is 26.2 Å². The van der Waals surface area contributed by atoms with Gasteiger partial charge in [0.25, 0.3) is 0 Å². The number of ether oxygens (including phenoxy) is 1. The number of rotatable bonds is 14. The molecule has 4 atom stereocenters. The average molecular weight is 556 g/mol. The van der Waals surface area contributed by atoms with Crippen LogP contribution in [0.3, 0.4) is 0 Å². The molecule has 1 aromatic rings. The largest absolute Gasteiger partial charge is 0.485 e. The van der Waals surface area contributed by atoms with E-state index in [1.807, 2.05) is 23.1 Å². The highest BCUT2D eigenvalue weighted by Crippen LogP contribution is 2.62. The van der Waals surface area contributed by atoms with Gasteiger partial charge in [0.2, 0.25) is 0 Å². The standard InChI is InChI=1S/C29H47BrOS2/c1-20(2)9-7-11-22(5)13-16-29(17-14-23(6)12-8-10-21(3)4)24-19-26(30)33-27(24)28-25(31-29)15-18-32-28/h15,18-24,27H,7-14,16-17H2,1-6H3. The molecule has 3 rings (SSSR count). The zero-order chi connectivity index (χ0) is 24.0. The average Bonchev–Trinajstić information content (AvgIpc) is 3.36. The van der Waals surface area contributed by atoms with E-state index in [9.17, 15) is 0 Å². The lowest BCUT2D eigenvalue weighted by atomic mass is 9.73. The Bertz CT molecular complexity index is 729. The second-order valence-corrected chi connectivity index (χ2v) is 15.3. The van der Waals surface area contributed by atoms with Crippen molar-refractivity contribution in [2.24, 2.45) is 29.6 Å². The van der Waals surface area contributed by atoms with Crippen molar-refractivity contribution in [2.75, 3.05) is 0 Å². The molecule has 2 aliphatic rings. The lowest BCUT2D eigenvalue weighted by Crippen LogP contribution is -2.47. The quantitative estimate of drug-likeness (QED) is 0.226. The van der Waals surface area contributed by atoms with Gasteiger partial charge < -0.3 is 4.74 Å². The maximum Gasteiger partial charge on any atom is 0.135 e. The fraction of sp³-hybridized carbons (Fsp3) is 0.793. The molecule has 0 amide bonds. The summed E-state index contributed by atoms with van der Waals surface area (Å²) in [6.45, 7) is 14.3. The predicted molar refractivity (Wildman–Crippen MR) is 153 cm³/mol. The van der Waals surface area contributed by atoms with Crippen molar-refractivity contribution in [1.82, 2.24) is 0 Å². The van der Waals surface area contributed by atoms with Crippen LogP contribution >= 0.6 is 39.0 Å². The molecule has 4 unspecified atom stereocenters. The Labute approximate surface area is 221 Å². The smallest absolute Gasteiger partial charge is 0.135 e. The topological polar surface area (TPSA) is 9.23 Å². The van der Waals surface area contributed by atoms with Crippen LogP contribution in [0.15, 0.2) is 21.3 Å². The summed E-state index contributed by atoms with van der Waals surface area (Å²) in [4.78, 5) is 1.45. The monoisotopic (exact) mass is 554 g/mol. The van der Waals surface area contributed by atoms with Crippen LogP contribution < -0.4 is 4.74 Å². The number of hydrogen-bond acceptors (Lipinski definition) is 3. The second kappa shape index (κ2) is 12.9. The van der Waals surface area contributed by atoms with Gasteiger partial charge >= 0.3 is 0 Å². The molecule has 0 saturated carbocycles. The fourth-order valence-corrected chi connectivity index (χ4v) is 8.78. The Morgan fingerprint density at radius 3 is 2.00 bits per heavy atom. The first-order valence-corrected chi connectivity index (χ1v) is 16.1. The molecule has 188 valence electrons. The van der Waals surface area contributed by atoms with E-state index in [0.717, 1.165) is 23.7 Å². The maximum atomic E-state index is 7.04.